The Morgan fingerprint density at radius 2 is 1.85 bits per heavy atom. The number of benzene rings is 2. The quantitative estimate of drug-likeness (QED) is 0.237. The molecule has 0 spiro atoms. The van der Waals surface area contributed by atoms with Gasteiger partial charge in [-0.15, -0.1) is 0 Å². The van der Waals surface area contributed by atoms with Crippen LogP contribution in [0.15, 0.2) is 47.0 Å². The lowest BCUT2D eigenvalue weighted by Gasteiger charge is -2.09. The maximum Gasteiger partial charge on any atom is 0.343 e. The molecule has 0 saturated carbocycles. The van der Waals surface area contributed by atoms with Gasteiger partial charge in [-0.05, 0) is 43.3 Å². The average Bonchev–Trinajstić information content (AvgIpc) is 2.60. The first kappa shape index (κ1) is 19.9. The summed E-state index contributed by atoms with van der Waals surface area (Å²) in [6.07, 6.45) is 1.03. The molecule has 0 aromatic heterocycles. The zero-order valence-corrected chi connectivity index (χ0v) is 15.0. The first-order valence-electron chi connectivity index (χ1n) is 7.38. The molecule has 0 aliphatic heterocycles. The average molecular weight is 400 g/mol. The van der Waals surface area contributed by atoms with E-state index in [1.54, 1.807) is 6.92 Å². The molecule has 2 aromatic carbocycles. The van der Waals surface area contributed by atoms with Gasteiger partial charge in [-0.2, -0.15) is 0 Å². The van der Waals surface area contributed by atoms with Crippen molar-refractivity contribution in [2.45, 2.75) is 6.92 Å². The van der Waals surface area contributed by atoms with Gasteiger partial charge >= 0.3 is 5.97 Å². The molecule has 2 rings (SSSR count). The van der Waals surface area contributed by atoms with Gasteiger partial charge in [-0.1, -0.05) is 23.2 Å². The van der Waals surface area contributed by atoms with Crippen LogP contribution in [0.25, 0.3) is 5.76 Å². The summed E-state index contributed by atoms with van der Waals surface area (Å²) in [4.78, 5) is 16.1. The summed E-state index contributed by atoms with van der Waals surface area (Å²) in [5.74, 6) is -2.79. The van der Waals surface area contributed by atoms with E-state index in [9.17, 15) is 18.7 Å². The third kappa shape index (κ3) is 4.80. The van der Waals surface area contributed by atoms with Crippen LogP contribution >= 0.6 is 23.2 Å². The zero-order chi connectivity index (χ0) is 19.3. The Hall–Kier alpha value is -2.44. The van der Waals surface area contributed by atoms with E-state index in [0.29, 0.717) is 5.69 Å². The van der Waals surface area contributed by atoms with Gasteiger partial charge in [0.25, 0.3) is 0 Å². The number of halogens is 4. The highest BCUT2D eigenvalue weighted by Gasteiger charge is 2.20. The minimum absolute atomic E-state index is 0.0444. The van der Waals surface area contributed by atoms with Crippen molar-refractivity contribution in [3.05, 3.63) is 69.2 Å². The molecule has 0 aliphatic rings. The maximum atomic E-state index is 13.7. The molecule has 0 atom stereocenters. The van der Waals surface area contributed by atoms with Crippen LogP contribution in [0.2, 0.25) is 10.0 Å². The lowest BCUT2D eigenvalue weighted by molar-refractivity contribution is -0.137. The van der Waals surface area contributed by atoms with Crippen molar-refractivity contribution in [3.8, 4) is 0 Å². The Morgan fingerprint density at radius 3 is 2.46 bits per heavy atom. The minimum atomic E-state index is -0.887. The molecule has 0 saturated heterocycles. The molecule has 1 N–H and O–H groups in total. The third-order valence-corrected chi connectivity index (χ3v) is 3.79. The van der Waals surface area contributed by atoms with Crippen LogP contribution in [-0.4, -0.2) is 23.9 Å². The molecule has 0 radical (unpaired) electrons. The van der Waals surface area contributed by atoms with Crippen molar-refractivity contribution in [3.63, 3.8) is 0 Å². The number of ether oxygens (including phenoxy) is 1. The zero-order valence-electron chi connectivity index (χ0n) is 13.5. The normalized spacial score (nSPS) is 12.2. The van der Waals surface area contributed by atoms with Crippen molar-refractivity contribution in [2.24, 2.45) is 4.99 Å². The lowest BCUT2D eigenvalue weighted by Crippen LogP contribution is -2.11. The number of aliphatic hydroxyl groups excluding tert-OH is 1. The molecule has 0 bridgehead atoms. The van der Waals surface area contributed by atoms with Crippen molar-refractivity contribution in [2.75, 3.05) is 6.61 Å². The summed E-state index contributed by atoms with van der Waals surface area (Å²) >= 11 is 11.6. The SMILES string of the molecule is CCOC(=O)C(C=Nc1ccc(F)cc1)=C(O)c1cc(F)c(Cl)cc1Cl. The molecule has 0 aliphatic carbocycles. The number of carbonyl (C=O) groups is 1. The van der Waals surface area contributed by atoms with E-state index >= 15 is 0 Å². The molecule has 2 aromatic rings. The molecule has 0 unspecified atom stereocenters. The van der Waals surface area contributed by atoms with Gasteiger partial charge in [0.05, 0.1) is 22.3 Å². The molecule has 0 amide bonds. The van der Waals surface area contributed by atoms with E-state index < -0.39 is 23.4 Å². The van der Waals surface area contributed by atoms with Crippen LogP contribution in [0.4, 0.5) is 14.5 Å². The van der Waals surface area contributed by atoms with Gasteiger partial charge in [0, 0.05) is 11.8 Å². The molecule has 8 heteroatoms. The van der Waals surface area contributed by atoms with Crippen molar-refractivity contribution >= 4 is 46.8 Å². The predicted octanol–water partition coefficient (Wildman–Crippen LogP) is 5.51. The number of rotatable bonds is 5. The van der Waals surface area contributed by atoms with E-state index in [1.807, 2.05) is 0 Å². The number of hydrogen-bond acceptors (Lipinski definition) is 4. The summed E-state index contributed by atoms with van der Waals surface area (Å²) in [6, 6.07) is 7.12. The van der Waals surface area contributed by atoms with Crippen molar-refractivity contribution in [1.82, 2.24) is 0 Å². The Balaban J connectivity index is 2.52. The minimum Gasteiger partial charge on any atom is -0.506 e. The van der Waals surface area contributed by atoms with Crippen molar-refractivity contribution in [1.29, 1.82) is 0 Å². The molecule has 26 heavy (non-hydrogen) atoms. The maximum absolute atomic E-state index is 13.7. The number of carbonyl (C=O) groups excluding carboxylic acids is 1. The topological polar surface area (TPSA) is 58.9 Å². The van der Waals surface area contributed by atoms with E-state index in [-0.39, 0.29) is 27.8 Å². The third-order valence-electron chi connectivity index (χ3n) is 3.18. The van der Waals surface area contributed by atoms with Crippen LogP contribution in [0.1, 0.15) is 12.5 Å². The Kier molecular flexibility index (Phi) is 6.71. The van der Waals surface area contributed by atoms with Gasteiger partial charge in [0.15, 0.2) is 0 Å². The van der Waals surface area contributed by atoms with Gasteiger partial charge < -0.3 is 9.84 Å². The number of nitrogens with zero attached hydrogens (tertiary/aromatic N) is 1. The molecule has 4 nitrogen and oxygen atoms in total. The van der Waals surface area contributed by atoms with Gasteiger partial charge in [0.1, 0.15) is 23.0 Å². The largest absolute Gasteiger partial charge is 0.506 e. The van der Waals surface area contributed by atoms with E-state index in [2.05, 4.69) is 4.99 Å². The number of esters is 1. The first-order valence-corrected chi connectivity index (χ1v) is 8.14. The monoisotopic (exact) mass is 399 g/mol. The Labute approximate surface area is 158 Å². The van der Waals surface area contributed by atoms with Crippen molar-refractivity contribution < 1.29 is 23.4 Å². The second-order valence-corrected chi connectivity index (χ2v) is 5.78. The molecule has 136 valence electrons. The van der Waals surface area contributed by atoms with Gasteiger partial charge in [-0.25, -0.2) is 13.6 Å². The van der Waals surface area contributed by atoms with Crippen LogP contribution in [0, 0.1) is 11.6 Å². The lowest BCUT2D eigenvalue weighted by atomic mass is 10.1. The van der Waals surface area contributed by atoms with E-state index in [4.69, 9.17) is 27.9 Å². The standard InChI is InChI=1S/C18H13Cl2F2NO3/c1-2-26-18(25)13(9-23-11-5-3-10(21)4-6-11)17(24)12-7-16(22)15(20)8-14(12)19/h3-9,24H,2H2,1H3. The highest BCUT2D eigenvalue weighted by atomic mass is 35.5. The van der Waals surface area contributed by atoms with Crippen LogP contribution in [0.5, 0.6) is 0 Å². The summed E-state index contributed by atoms with van der Waals surface area (Å²) < 4.78 is 31.5. The summed E-state index contributed by atoms with van der Waals surface area (Å²) in [7, 11) is 0. The fourth-order valence-electron chi connectivity index (χ4n) is 1.93. The Morgan fingerprint density at radius 1 is 1.19 bits per heavy atom. The number of aliphatic imine (C=N–C) groups is 1. The molecule has 0 heterocycles. The van der Waals surface area contributed by atoms with E-state index in [1.165, 1.54) is 24.3 Å². The smallest absolute Gasteiger partial charge is 0.343 e. The highest BCUT2D eigenvalue weighted by Crippen LogP contribution is 2.30. The van der Waals surface area contributed by atoms with Crippen LogP contribution in [0.3, 0.4) is 0 Å². The van der Waals surface area contributed by atoms with Gasteiger partial charge in [0.2, 0.25) is 0 Å². The van der Waals surface area contributed by atoms with Gasteiger partial charge in [-0.3, -0.25) is 4.99 Å². The van der Waals surface area contributed by atoms with Crippen LogP contribution < -0.4 is 0 Å². The molecule has 0 fully saturated rings. The number of aliphatic hydroxyl groups is 1. The Bertz CT molecular complexity index is 881. The summed E-state index contributed by atoms with van der Waals surface area (Å²) in [5.41, 5.74) is -0.170. The highest BCUT2D eigenvalue weighted by molar-refractivity contribution is 6.36. The molecular weight excluding hydrogens is 387 g/mol. The fourth-order valence-corrected chi connectivity index (χ4v) is 2.41. The number of hydrogen-bond donors (Lipinski definition) is 1. The van der Waals surface area contributed by atoms with Crippen LogP contribution in [-0.2, 0) is 9.53 Å². The first-order chi connectivity index (χ1) is 12.3. The second-order valence-electron chi connectivity index (χ2n) is 4.96. The summed E-state index contributed by atoms with van der Waals surface area (Å²) in [5, 5.41) is 10.1. The second kappa shape index (κ2) is 8.78. The summed E-state index contributed by atoms with van der Waals surface area (Å²) in [6.45, 7) is 1.63. The fraction of sp³-hybridized carbons (Fsp3) is 0.111. The molecular formula is C18H13Cl2F2NO3. The predicted molar refractivity (Wildman–Crippen MR) is 97.2 cm³/mol. The van der Waals surface area contributed by atoms with E-state index in [0.717, 1.165) is 18.3 Å².